The molecule has 0 radical (unpaired) electrons. The van der Waals surface area contributed by atoms with E-state index in [2.05, 4.69) is 5.32 Å². The summed E-state index contributed by atoms with van der Waals surface area (Å²) in [5.41, 5.74) is 0.675. The number of amides is 1. The zero-order valence-electron chi connectivity index (χ0n) is 11.9. The van der Waals surface area contributed by atoms with E-state index >= 15 is 0 Å². The Morgan fingerprint density at radius 3 is 3.00 bits per heavy atom. The fraction of sp³-hybridized carbons (Fsp3) is 0.467. The highest BCUT2D eigenvalue weighted by molar-refractivity contribution is 5.82. The maximum Gasteiger partial charge on any atom is 0.242 e. The third-order valence-corrected chi connectivity index (χ3v) is 3.46. The van der Waals surface area contributed by atoms with Crippen LogP contribution in [0.5, 0.6) is 0 Å². The van der Waals surface area contributed by atoms with E-state index in [0.29, 0.717) is 31.9 Å². The molecule has 1 aliphatic heterocycles. The highest BCUT2D eigenvalue weighted by atomic mass is 19.1. The summed E-state index contributed by atoms with van der Waals surface area (Å²) in [5.74, 6) is -0.561. The van der Waals surface area contributed by atoms with Crippen molar-refractivity contribution >= 4 is 5.91 Å². The molecule has 1 N–H and O–H groups in total. The lowest BCUT2D eigenvalue weighted by Crippen LogP contribution is -2.52. The Kier molecular flexibility index (Phi) is 5.26. The van der Waals surface area contributed by atoms with E-state index in [-0.39, 0.29) is 24.1 Å². The Labute approximate surface area is 123 Å². The second-order valence-corrected chi connectivity index (χ2v) is 4.85. The Balaban J connectivity index is 2.08. The molecule has 1 aromatic rings. The molecule has 1 amide bonds. The topological polar surface area (TPSA) is 65.4 Å². The van der Waals surface area contributed by atoms with Crippen molar-refractivity contribution in [2.75, 3.05) is 26.3 Å². The van der Waals surface area contributed by atoms with Crippen LogP contribution in [0.2, 0.25) is 0 Å². The van der Waals surface area contributed by atoms with Gasteiger partial charge in [-0.1, -0.05) is 6.07 Å². The number of benzene rings is 1. The van der Waals surface area contributed by atoms with Gasteiger partial charge < -0.3 is 15.0 Å². The molecule has 1 fully saturated rings. The molecule has 0 aliphatic carbocycles. The van der Waals surface area contributed by atoms with Crippen molar-refractivity contribution < 1.29 is 13.9 Å². The number of nitrogens with one attached hydrogen (secondary N) is 1. The van der Waals surface area contributed by atoms with Crippen LogP contribution in [0.25, 0.3) is 0 Å². The lowest BCUT2D eigenvalue weighted by molar-refractivity contribution is -0.136. The van der Waals surface area contributed by atoms with E-state index in [1.807, 2.05) is 13.0 Å². The van der Waals surface area contributed by atoms with Crippen LogP contribution in [0.15, 0.2) is 18.2 Å². The number of likely N-dealkylation sites (N-methyl/N-ethyl adjacent to an activating group) is 1. The normalized spacial score (nSPS) is 18.0. The molecule has 1 saturated heterocycles. The third-order valence-electron chi connectivity index (χ3n) is 3.46. The molecule has 1 atom stereocenters. The van der Waals surface area contributed by atoms with Gasteiger partial charge in [0, 0.05) is 25.2 Å². The smallest absolute Gasteiger partial charge is 0.242 e. The molecule has 1 aliphatic rings. The van der Waals surface area contributed by atoms with Crippen LogP contribution in [-0.4, -0.2) is 43.2 Å². The van der Waals surface area contributed by atoms with Gasteiger partial charge in [-0.25, -0.2) is 4.39 Å². The van der Waals surface area contributed by atoms with Gasteiger partial charge in [-0.15, -0.1) is 0 Å². The Hall–Kier alpha value is -1.97. The van der Waals surface area contributed by atoms with Crippen molar-refractivity contribution in [2.45, 2.75) is 19.5 Å². The van der Waals surface area contributed by atoms with Crippen molar-refractivity contribution in [3.8, 4) is 6.07 Å². The highest BCUT2D eigenvalue weighted by Crippen LogP contribution is 2.13. The quantitative estimate of drug-likeness (QED) is 0.900. The minimum atomic E-state index is -0.465. The number of carbonyl (C=O) groups is 1. The first-order valence-electron chi connectivity index (χ1n) is 6.94. The number of rotatable bonds is 4. The molecule has 6 heteroatoms. The van der Waals surface area contributed by atoms with E-state index in [1.165, 1.54) is 6.07 Å². The zero-order chi connectivity index (χ0) is 15.2. The zero-order valence-corrected chi connectivity index (χ0v) is 11.9. The maximum absolute atomic E-state index is 13.9. The number of ether oxygens (including phenoxy) is 1. The van der Waals surface area contributed by atoms with Gasteiger partial charge in [-0.2, -0.15) is 5.26 Å². The molecule has 2 rings (SSSR count). The number of carbonyl (C=O) groups excluding carboxylic acids is 1. The number of morpholine rings is 1. The molecular formula is C15H18FN3O2. The van der Waals surface area contributed by atoms with Crippen LogP contribution in [-0.2, 0) is 16.1 Å². The molecule has 1 heterocycles. The van der Waals surface area contributed by atoms with Gasteiger partial charge in [-0.05, 0) is 19.1 Å². The number of hydrogen-bond donors (Lipinski definition) is 1. The van der Waals surface area contributed by atoms with Gasteiger partial charge in [0.05, 0.1) is 24.8 Å². The fourth-order valence-electron chi connectivity index (χ4n) is 2.24. The molecular weight excluding hydrogens is 273 g/mol. The first kappa shape index (κ1) is 15.4. The second-order valence-electron chi connectivity index (χ2n) is 4.85. The summed E-state index contributed by atoms with van der Waals surface area (Å²) in [6.07, 6.45) is 0. The molecule has 0 saturated carbocycles. The van der Waals surface area contributed by atoms with E-state index < -0.39 is 5.82 Å². The first-order valence-corrected chi connectivity index (χ1v) is 6.94. The Morgan fingerprint density at radius 2 is 2.43 bits per heavy atom. The summed E-state index contributed by atoms with van der Waals surface area (Å²) in [6, 6.07) is 5.81. The number of nitrogens with zero attached hydrogens (tertiary/aromatic N) is 2. The molecule has 5 nitrogen and oxygen atoms in total. The summed E-state index contributed by atoms with van der Waals surface area (Å²) in [4.78, 5) is 14.0. The monoisotopic (exact) mass is 291 g/mol. The summed E-state index contributed by atoms with van der Waals surface area (Å²) in [7, 11) is 0. The second kappa shape index (κ2) is 7.16. The Morgan fingerprint density at radius 1 is 1.62 bits per heavy atom. The van der Waals surface area contributed by atoms with Gasteiger partial charge >= 0.3 is 0 Å². The first-order chi connectivity index (χ1) is 10.2. The van der Waals surface area contributed by atoms with E-state index in [4.69, 9.17) is 10.00 Å². The van der Waals surface area contributed by atoms with Gasteiger partial charge in [-0.3, -0.25) is 4.79 Å². The molecule has 112 valence electrons. The van der Waals surface area contributed by atoms with Crippen LogP contribution >= 0.6 is 0 Å². The van der Waals surface area contributed by atoms with Gasteiger partial charge in [0.15, 0.2) is 0 Å². The van der Waals surface area contributed by atoms with E-state index in [0.717, 1.165) is 0 Å². The van der Waals surface area contributed by atoms with Crippen LogP contribution in [0.1, 0.15) is 18.1 Å². The maximum atomic E-state index is 13.9. The predicted octanol–water partition coefficient (Wildman–Crippen LogP) is 1.03. The van der Waals surface area contributed by atoms with Crippen molar-refractivity contribution in [1.29, 1.82) is 5.26 Å². The van der Waals surface area contributed by atoms with E-state index in [1.54, 1.807) is 17.0 Å². The molecule has 1 unspecified atom stereocenters. The molecule has 0 bridgehead atoms. The average Bonchev–Trinajstić information content (AvgIpc) is 2.54. The number of hydrogen-bond acceptors (Lipinski definition) is 4. The van der Waals surface area contributed by atoms with Crippen molar-refractivity contribution in [2.24, 2.45) is 0 Å². The summed E-state index contributed by atoms with van der Waals surface area (Å²) < 4.78 is 19.2. The van der Waals surface area contributed by atoms with Crippen molar-refractivity contribution in [1.82, 2.24) is 10.2 Å². The van der Waals surface area contributed by atoms with Crippen molar-refractivity contribution in [3.63, 3.8) is 0 Å². The molecule has 1 aromatic carbocycles. The summed E-state index contributed by atoms with van der Waals surface area (Å²) in [6.45, 7) is 4.09. The largest absolute Gasteiger partial charge is 0.378 e. The van der Waals surface area contributed by atoms with Gasteiger partial charge in [0.25, 0.3) is 0 Å². The van der Waals surface area contributed by atoms with Crippen LogP contribution in [0.4, 0.5) is 4.39 Å². The standard InChI is InChI=1S/C15H18FN3O2/c1-2-19(15(20)14-10-21-6-5-18-14)9-12-4-3-11(8-17)7-13(12)16/h3-4,7,14,18H,2,5-6,9-10H2,1H3. The third kappa shape index (κ3) is 3.78. The minimum Gasteiger partial charge on any atom is -0.378 e. The number of halogens is 1. The average molecular weight is 291 g/mol. The number of nitriles is 1. The van der Waals surface area contributed by atoms with Crippen molar-refractivity contribution in [3.05, 3.63) is 35.1 Å². The molecule has 0 spiro atoms. The summed E-state index contributed by atoms with van der Waals surface area (Å²) >= 11 is 0. The fourth-order valence-corrected chi connectivity index (χ4v) is 2.24. The Bertz CT molecular complexity index is 550. The molecule has 21 heavy (non-hydrogen) atoms. The summed E-state index contributed by atoms with van der Waals surface area (Å²) in [5, 5.41) is 11.8. The SMILES string of the molecule is CCN(Cc1ccc(C#N)cc1F)C(=O)C1COCCN1. The van der Waals surface area contributed by atoms with Crippen LogP contribution in [0.3, 0.4) is 0 Å². The predicted molar refractivity (Wildman–Crippen MR) is 74.8 cm³/mol. The van der Waals surface area contributed by atoms with Crippen LogP contribution in [0, 0.1) is 17.1 Å². The van der Waals surface area contributed by atoms with Gasteiger partial charge in [0.2, 0.25) is 5.91 Å². The van der Waals surface area contributed by atoms with Crippen LogP contribution < -0.4 is 5.32 Å². The molecule has 0 aromatic heterocycles. The minimum absolute atomic E-state index is 0.0963. The lowest BCUT2D eigenvalue weighted by Gasteiger charge is -2.29. The van der Waals surface area contributed by atoms with Gasteiger partial charge in [0.1, 0.15) is 11.9 Å². The highest BCUT2D eigenvalue weighted by Gasteiger charge is 2.26. The van der Waals surface area contributed by atoms with E-state index in [9.17, 15) is 9.18 Å². The lowest BCUT2D eigenvalue weighted by atomic mass is 10.1.